The number of halogens is 1. The summed E-state index contributed by atoms with van der Waals surface area (Å²) < 4.78 is 0. The second-order valence-electron chi connectivity index (χ2n) is 4.52. The van der Waals surface area contributed by atoms with Crippen molar-refractivity contribution in [3.05, 3.63) is 40.9 Å². The van der Waals surface area contributed by atoms with Gasteiger partial charge < -0.3 is 4.90 Å². The second kappa shape index (κ2) is 5.51. The standard InChI is InChI=1S/C14H18ClN/c1-16-10-8-12(9-11-16)6-7-13-4-2-3-5-14(13)15/h2-7,12H,8-11H2,1H3/b7-6+. The predicted octanol–water partition coefficient (Wildman–Crippen LogP) is 3.70. The topological polar surface area (TPSA) is 3.24 Å². The molecule has 0 aromatic heterocycles. The van der Waals surface area contributed by atoms with Crippen LogP contribution < -0.4 is 0 Å². The molecule has 86 valence electrons. The first kappa shape index (κ1) is 11.7. The zero-order valence-electron chi connectivity index (χ0n) is 9.70. The first-order chi connectivity index (χ1) is 7.75. The van der Waals surface area contributed by atoms with Gasteiger partial charge in [-0.15, -0.1) is 0 Å². The van der Waals surface area contributed by atoms with Crippen LogP contribution in [0.5, 0.6) is 0 Å². The zero-order chi connectivity index (χ0) is 11.4. The maximum absolute atomic E-state index is 6.11. The van der Waals surface area contributed by atoms with E-state index < -0.39 is 0 Å². The number of allylic oxidation sites excluding steroid dienone is 1. The van der Waals surface area contributed by atoms with Gasteiger partial charge in [-0.25, -0.2) is 0 Å². The molecule has 0 bridgehead atoms. The van der Waals surface area contributed by atoms with Crippen LogP contribution in [0, 0.1) is 5.92 Å². The molecule has 0 unspecified atom stereocenters. The molecular weight excluding hydrogens is 218 g/mol. The summed E-state index contributed by atoms with van der Waals surface area (Å²) in [7, 11) is 2.19. The van der Waals surface area contributed by atoms with Crippen LogP contribution in [0.1, 0.15) is 18.4 Å². The van der Waals surface area contributed by atoms with Crippen LogP contribution in [0.25, 0.3) is 6.08 Å². The lowest BCUT2D eigenvalue weighted by Gasteiger charge is -2.26. The lowest BCUT2D eigenvalue weighted by Crippen LogP contribution is -2.29. The lowest BCUT2D eigenvalue weighted by atomic mass is 9.96. The van der Waals surface area contributed by atoms with Gasteiger partial charge in [0.2, 0.25) is 0 Å². The third kappa shape index (κ3) is 3.10. The average Bonchev–Trinajstić information content (AvgIpc) is 2.30. The van der Waals surface area contributed by atoms with Crippen molar-refractivity contribution >= 4 is 17.7 Å². The summed E-state index contributed by atoms with van der Waals surface area (Å²) in [4.78, 5) is 2.39. The molecule has 1 saturated heterocycles. The van der Waals surface area contributed by atoms with Crippen molar-refractivity contribution in [2.45, 2.75) is 12.8 Å². The predicted molar refractivity (Wildman–Crippen MR) is 70.7 cm³/mol. The van der Waals surface area contributed by atoms with Crippen LogP contribution in [-0.4, -0.2) is 25.0 Å². The summed E-state index contributed by atoms with van der Waals surface area (Å²) in [5.74, 6) is 0.715. The second-order valence-corrected chi connectivity index (χ2v) is 4.93. The Morgan fingerprint density at radius 2 is 1.94 bits per heavy atom. The third-order valence-corrected chi connectivity index (χ3v) is 3.56. The summed E-state index contributed by atoms with van der Waals surface area (Å²) in [6, 6.07) is 8.00. The number of likely N-dealkylation sites (tertiary alicyclic amines) is 1. The minimum Gasteiger partial charge on any atom is -0.306 e. The van der Waals surface area contributed by atoms with E-state index in [1.165, 1.54) is 25.9 Å². The lowest BCUT2D eigenvalue weighted by molar-refractivity contribution is 0.244. The number of rotatable bonds is 2. The van der Waals surface area contributed by atoms with Crippen LogP contribution in [0.2, 0.25) is 5.02 Å². The number of hydrogen-bond donors (Lipinski definition) is 0. The summed E-state index contributed by atoms with van der Waals surface area (Å²) in [5, 5.41) is 0.840. The van der Waals surface area contributed by atoms with Crippen molar-refractivity contribution < 1.29 is 0 Å². The Hall–Kier alpha value is -0.790. The first-order valence-corrected chi connectivity index (χ1v) is 6.25. The Bertz CT molecular complexity index is 365. The highest BCUT2D eigenvalue weighted by atomic mass is 35.5. The van der Waals surface area contributed by atoms with Crippen LogP contribution in [-0.2, 0) is 0 Å². The molecule has 1 nitrogen and oxygen atoms in total. The molecule has 2 rings (SSSR count). The van der Waals surface area contributed by atoms with Gasteiger partial charge in [0.1, 0.15) is 0 Å². The molecule has 0 amide bonds. The molecule has 0 aliphatic carbocycles. The fourth-order valence-electron chi connectivity index (χ4n) is 2.07. The van der Waals surface area contributed by atoms with Crippen LogP contribution in [0.3, 0.4) is 0 Å². The molecule has 1 aromatic rings. The maximum atomic E-state index is 6.11. The van der Waals surface area contributed by atoms with E-state index in [9.17, 15) is 0 Å². The van der Waals surface area contributed by atoms with E-state index in [4.69, 9.17) is 11.6 Å². The molecule has 0 saturated carbocycles. The zero-order valence-corrected chi connectivity index (χ0v) is 10.5. The number of nitrogens with zero attached hydrogens (tertiary/aromatic N) is 1. The fraction of sp³-hybridized carbons (Fsp3) is 0.429. The summed E-state index contributed by atoms with van der Waals surface area (Å²) in [5.41, 5.74) is 1.13. The minimum absolute atomic E-state index is 0.715. The van der Waals surface area contributed by atoms with Gasteiger partial charge in [0.25, 0.3) is 0 Å². The molecule has 16 heavy (non-hydrogen) atoms. The van der Waals surface area contributed by atoms with Crippen molar-refractivity contribution in [2.75, 3.05) is 20.1 Å². The molecule has 1 aliphatic rings. The smallest absolute Gasteiger partial charge is 0.0478 e. The summed E-state index contributed by atoms with van der Waals surface area (Å²) in [6.45, 7) is 2.41. The van der Waals surface area contributed by atoms with Crippen LogP contribution in [0.4, 0.5) is 0 Å². The van der Waals surface area contributed by atoms with Gasteiger partial charge in [-0.1, -0.05) is 42.0 Å². The van der Waals surface area contributed by atoms with Gasteiger partial charge in [-0.05, 0) is 50.5 Å². The minimum atomic E-state index is 0.715. The molecule has 1 fully saturated rings. The molecule has 0 spiro atoms. The van der Waals surface area contributed by atoms with E-state index in [0.29, 0.717) is 5.92 Å². The quantitative estimate of drug-likeness (QED) is 0.756. The van der Waals surface area contributed by atoms with Gasteiger partial charge >= 0.3 is 0 Å². The highest BCUT2D eigenvalue weighted by Crippen LogP contribution is 2.21. The Labute approximate surface area is 103 Å². The Morgan fingerprint density at radius 3 is 2.62 bits per heavy atom. The number of hydrogen-bond acceptors (Lipinski definition) is 1. The van der Waals surface area contributed by atoms with Crippen molar-refractivity contribution in [3.63, 3.8) is 0 Å². The van der Waals surface area contributed by atoms with E-state index in [-0.39, 0.29) is 0 Å². The van der Waals surface area contributed by atoms with Gasteiger partial charge in [0.05, 0.1) is 0 Å². The van der Waals surface area contributed by atoms with Crippen molar-refractivity contribution in [1.82, 2.24) is 4.90 Å². The highest BCUT2D eigenvalue weighted by molar-refractivity contribution is 6.32. The first-order valence-electron chi connectivity index (χ1n) is 5.87. The monoisotopic (exact) mass is 235 g/mol. The van der Waals surface area contributed by atoms with Crippen LogP contribution >= 0.6 is 11.6 Å². The van der Waals surface area contributed by atoms with Crippen molar-refractivity contribution in [3.8, 4) is 0 Å². The summed E-state index contributed by atoms with van der Waals surface area (Å²) in [6.07, 6.45) is 7.00. The normalized spacial score (nSPS) is 19.4. The fourth-order valence-corrected chi connectivity index (χ4v) is 2.27. The van der Waals surface area contributed by atoms with Crippen molar-refractivity contribution in [1.29, 1.82) is 0 Å². The van der Waals surface area contributed by atoms with E-state index in [1.807, 2.05) is 18.2 Å². The highest BCUT2D eigenvalue weighted by Gasteiger charge is 2.13. The van der Waals surface area contributed by atoms with Crippen LogP contribution in [0.15, 0.2) is 30.3 Å². The van der Waals surface area contributed by atoms with Gasteiger partial charge in [-0.2, -0.15) is 0 Å². The molecule has 0 atom stereocenters. The van der Waals surface area contributed by atoms with E-state index >= 15 is 0 Å². The molecule has 0 N–H and O–H groups in total. The molecule has 1 aliphatic heterocycles. The Kier molecular flexibility index (Phi) is 4.03. The Balaban J connectivity index is 1.97. The van der Waals surface area contributed by atoms with E-state index in [1.54, 1.807) is 0 Å². The van der Waals surface area contributed by atoms with Gasteiger partial charge in [-0.3, -0.25) is 0 Å². The van der Waals surface area contributed by atoms with Gasteiger partial charge in [0, 0.05) is 5.02 Å². The average molecular weight is 236 g/mol. The maximum Gasteiger partial charge on any atom is 0.0478 e. The van der Waals surface area contributed by atoms with E-state index in [2.05, 4.69) is 30.2 Å². The largest absolute Gasteiger partial charge is 0.306 e. The van der Waals surface area contributed by atoms with Gasteiger partial charge in [0.15, 0.2) is 0 Å². The molecular formula is C14H18ClN. The number of benzene rings is 1. The van der Waals surface area contributed by atoms with Crippen molar-refractivity contribution in [2.24, 2.45) is 5.92 Å². The molecule has 2 heteroatoms. The van der Waals surface area contributed by atoms with E-state index in [0.717, 1.165) is 10.6 Å². The molecule has 1 heterocycles. The number of piperidine rings is 1. The Morgan fingerprint density at radius 1 is 1.25 bits per heavy atom. The third-order valence-electron chi connectivity index (χ3n) is 3.22. The molecule has 1 aromatic carbocycles. The SMILES string of the molecule is CN1CCC(/C=C/c2ccccc2Cl)CC1. The molecule has 0 radical (unpaired) electrons. The summed E-state index contributed by atoms with van der Waals surface area (Å²) >= 11 is 6.11.